The van der Waals surface area contributed by atoms with E-state index in [2.05, 4.69) is 15.3 Å². The van der Waals surface area contributed by atoms with Gasteiger partial charge in [0.05, 0.1) is 11.0 Å². The first-order valence-electron chi connectivity index (χ1n) is 5.07. The van der Waals surface area contributed by atoms with E-state index in [1.165, 1.54) is 11.3 Å². The van der Waals surface area contributed by atoms with Crippen LogP contribution in [0.3, 0.4) is 0 Å². The molecule has 0 amide bonds. The zero-order valence-electron chi connectivity index (χ0n) is 9.18. The molecule has 0 aliphatic heterocycles. The molecule has 2 aromatic heterocycles. The highest BCUT2D eigenvalue weighted by Gasteiger charge is 2.10. The molecule has 1 atom stereocenters. The smallest absolute Gasteiger partial charge is 0.305 e. The number of aromatic nitrogens is 2. The number of anilines is 1. The Bertz CT molecular complexity index is 514. The van der Waals surface area contributed by atoms with Crippen LogP contribution in [-0.4, -0.2) is 26.5 Å². The van der Waals surface area contributed by atoms with Crippen LogP contribution in [0.2, 0.25) is 0 Å². The van der Waals surface area contributed by atoms with Crippen molar-refractivity contribution >= 4 is 23.0 Å². The molecule has 0 bridgehead atoms. The van der Waals surface area contributed by atoms with Gasteiger partial charge < -0.3 is 10.4 Å². The number of aliphatic hydroxyl groups excluding tert-OH is 1. The van der Waals surface area contributed by atoms with E-state index in [1.54, 1.807) is 0 Å². The summed E-state index contributed by atoms with van der Waals surface area (Å²) >= 11 is 1.50. The highest BCUT2D eigenvalue weighted by atomic mass is 32.1. The third-order valence-corrected chi connectivity index (χ3v) is 2.93. The van der Waals surface area contributed by atoms with Gasteiger partial charge in [0, 0.05) is 6.54 Å². The number of aliphatic hydroxyl groups is 1. The molecule has 2 rings (SSSR count). The molecule has 7 nitrogen and oxygen atoms in total. The van der Waals surface area contributed by atoms with Crippen LogP contribution in [0, 0.1) is 10.1 Å². The van der Waals surface area contributed by atoms with E-state index < -0.39 is 11.0 Å². The largest absolute Gasteiger partial charge is 0.387 e. The lowest BCUT2D eigenvalue weighted by Gasteiger charge is -2.09. The van der Waals surface area contributed by atoms with E-state index in [4.69, 9.17) is 0 Å². The molecule has 8 heteroatoms. The summed E-state index contributed by atoms with van der Waals surface area (Å²) in [6.45, 7) is 0.245. The van der Waals surface area contributed by atoms with Crippen molar-refractivity contribution in [1.82, 2.24) is 9.97 Å². The minimum absolute atomic E-state index is 0.168. The predicted molar refractivity (Wildman–Crippen MR) is 66.5 cm³/mol. The Morgan fingerprint density at radius 1 is 1.50 bits per heavy atom. The van der Waals surface area contributed by atoms with E-state index >= 15 is 0 Å². The maximum absolute atomic E-state index is 10.4. The molecule has 0 spiro atoms. The molecule has 2 N–H and O–H groups in total. The Kier molecular flexibility index (Phi) is 3.80. The van der Waals surface area contributed by atoms with Crippen LogP contribution in [0.25, 0.3) is 0 Å². The Balaban J connectivity index is 1.92. The molecule has 1 unspecified atom stereocenters. The lowest BCUT2D eigenvalue weighted by Crippen LogP contribution is -2.13. The fraction of sp³-hybridized carbons (Fsp3) is 0.200. The first kappa shape index (κ1) is 12.4. The molecule has 18 heavy (non-hydrogen) atoms. The molecule has 0 aliphatic rings. The molecule has 94 valence electrons. The number of rotatable bonds is 5. The third-order valence-electron chi connectivity index (χ3n) is 2.23. The van der Waals surface area contributed by atoms with Crippen LogP contribution in [0.1, 0.15) is 11.7 Å². The van der Waals surface area contributed by atoms with Gasteiger partial charge in [-0.25, -0.2) is 9.97 Å². The lowest BCUT2D eigenvalue weighted by molar-refractivity contribution is -0.385. The Morgan fingerprint density at radius 2 is 2.22 bits per heavy atom. The van der Waals surface area contributed by atoms with Gasteiger partial charge >= 0.3 is 5.69 Å². The highest BCUT2D eigenvalue weighted by Crippen LogP contribution is 2.16. The van der Waals surface area contributed by atoms with Crippen molar-refractivity contribution in [3.05, 3.63) is 44.9 Å². The van der Waals surface area contributed by atoms with Crippen molar-refractivity contribution in [1.29, 1.82) is 0 Å². The fourth-order valence-corrected chi connectivity index (χ4v) is 1.98. The second-order valence-corrected chi connectivity index (χ2v) is 4.26. The second kappa shape index (κ2) is 5.52. The summed E-state index contributed by atoms with van der Waals surface area (Å²) in [5.74, 6) is 0.245. The van der Waals surface area contributed by atoms with E-state index in [9.17, 15) is 15.2 Å². The Hall–Kier alpha value is -2.06. The summed E-state index contributed by atoms with van der Waals surface area (Å²) in [6.07, 6.45) is 1.58. The van der Waals surface area contributed by atoms with Crippen molar-refractivity contribution in [2.75, 3.05) is 11.9 Å². The van der Waals surface area contributed by atoms with Crippen LogP contribution < -0.4 is 5.32 Å². The summed E-state index contributed by atoms with van der Waals surface area (Å²) in [5, 5.41) is 26.7. The standard InChI is InChI=1S/C10H10N4O3S/c15-9(7-1-2-18-6-7)5-13-10-11-3-8(4-12-10)14(16)17/h1-4,6,9,15H,5H2,(H,11,12,13). The van der Waals surface area contributed by atoms with E-state index in [-0.39, 0.29) is 18.2 Å². The van der Waals surface area contributed by atoms with Crippen molar-refractivity contribution in [2.45, 2.75) is 6.10 Å². The number of nitro groups is 1. The van der Waals surface area contributed by atoms with Crippen molar-refractivity contribution < 1.29 is 10.0 Å². The number of thiophene rings is 1. The summed E-state index contributed by atoms with van der Waals surface area (Å²) in [4.78, 5) is 17.4. The van der Waals surface area contributed by atoms with Gasteiger partial charge in [-0.3, -0.25) is 10.1 Å². The number of nitrogens with zero attached hydrogens (tertiary/aromatic N) is 3. The fourth-order valence-electron chi connectivity index (χ4n) is 1.28. The van der Waals surface area contributed by atoms with Gasteiger partial charge in [0.2, 0.25) is 5.95 Å². The van der Waals surface area contributed by atoms with E-state index in [0.29, 0.717) is 0 Å². The summed E-state index contributed by atoms with van der Waals surface area (Å²) in [6, 6.07) is 1.83. The van der Waals surface area contributed by atoms with Crippen LogP contribution in [-0.2, 0) is 0 Å². The van der Waals surface area contributed by atoms with Crippen LogP contribution in [0.15, 0.2) is 29.2 Å². The Morgan fingerprint density at radius 3 is 2.78 bits per heavy atom. The number of nitrogens with one attached hydrogen (secondary N) is 1. The molecule has 0 saturated heterocycles. The Labute approximate surface area is 106 Å². The molecule has 0 aliphatic carbocycles. The van der Waals surface area contributed by atoms with Gasteiger partial charge in [0.1, 0.15) is 12.4 Å². The van der Waals surface area contributed by atoms with Crippen LogP contribution in [0.5, 0.6) is 0 Å². The van der Waals surface area contributed by atoms with Crippen LogP contribution >= 0.6 is 11.3 Å². The SMILES string of the molecule is O=[N+]([O-])c1cnc(NCC(O)c2ccsc2)nc1. The van der Waals surface area contributed by atoms with Gasteiger partial charge in [-0.15, -0.1) is 0 Å². The summed E-state index contributed by atoms with van der Waals surface area (Å²) < 4.78 is 0. The molecule has 2 heterocycles. The topological polar surface area (TPSA) is 101 Å². The van der Waals surface area contributed by atoms with Gasteiger partial charge in [-0.1, -0.05) is 0 Å². The minimum atomic E-state index is -0.657. The molecule has 2 aromatic rings. The van der Waals surface area contributed by atoms with Gasteiger partial charge in [0.25, 0.3) is 0 Å². The monoisotopic (exact) mass is 266 g/mol. The number of hydrogen-bond acceptors (Lipinski definition) is 7. The zero-order chi connectivity index (χ0) is 13.0. The predicted octanol–water partition coefficient (Wildman–Crippen LogP) is 1.59. The minimum Gasteiger partial charge on any atom is -0.387 e. The van der Waals surface area contributed by atoms with E-state index in [0.717, 1.165) is 18.0 Å². The second-order valence-electron chi connectivity index (χ2n) is 3.48. The molecular weight excluding hydrogens is 256 g/mol. The maximum atomic E-state index is 10.4. The average Bonchev–Trinajstić information content (AvgIpc) is 2.90. The molecular formula is C10H10N4O3S. The van der Waals surface area contributed by atoms with Gasteiger partial charge in [0.15, 0.2) is 0 Å². The van der Waals surface area contributed by atoms with Gasteiger partial charge in [-0.05, 0) is 22.4 Å². The number of hydrogen-bond donors (Lipinski definition) is 2. The summed E-state index contributed by atoms with van der Waals surface area (Å²) in [5.41, 5.74) is 0.647. The van der Waals surface area contributed by atoms with Crippen molar-refractivity contribution in [2.24, 2.45) is 0 Å². The van der Waals surface area contributed by atoms with Crippen molar-refractivity contribution in [3.63, 3.8) is 0 Å². The molecule has 0 fully saturated rings. The van der Waals surface area contributed by atoms with Crippen LogP contribution in [0.4, 0.5) is 11.6 Å². The average molecular weight is 266 g/mol. The first-order chi connectivity index (χ1) is 8.66. The molecule has 0 aromatic carbocycles. The zero-order valence-corrected chi connectivity index (χ0v) is 10.0. The van der Waals surface area contributed by atoms with Crippen molar-refractivity contribution in [3.8, 4) is 0 Å². The molecule has 0 saturated carbocycles. The lowest BCUT2D eigenvalue weighted by atomic mass is 10.2. The summed E-state index contributed by atoms with van der Waals surface area (Å²) in [7, 11) is 0. The highest BCUT2D eigenvalue weighted by molar-refractivity contribution is 7.07. The van der Waals surface area contributed by atoms with E-state index in [1.807, 2.05) is 16.8 Å². The third kappa shape index (κ3) is 2.99. The maximum Gasteiger partial charge on any atom is 0.305 e. The first-order valence-corrected chi connectivity index (χ1v) is 6.01. The normalized spacial score (nSPS) is 12.1. The van der Waals surface area contributed by atoms with Gasteiger partial charge in [-0.2, -0.15) is 11.3 Å². The molecule has 0 radical (unpaired) electrons. The quantitative estimate of drug-likeness (QED) is 0.629.